The van der Waals surface area contributed by atoms with Crippen LogP contribution in [0.3, 0.4) is 0 Å². The molecule has 1 fully saturated rings. The van der Waals surface area contributed by atoms with Crippen LogP contribution in [0.5, 0.6) is 0 Å². The standard InChI is InChI=1S/C27H29N3O2/c28-16-18-8-9-20-15-26(27(32)29-22-10-12-23(31)13-11-22)30(25(20)14-18)17-21-6-3-5-19-4-1-2-7-24(19)21/h1-9,14-15,22-23,31H,10-13,16-17,28H2,(H,29,32). The number of aromatic nitrogens is 1. The Bertz CT molecular complexity index is 1260. The lowest BCUT2D eigenvalue weighted by Gasteiger charge is -2.26. The number of carbonyl (C=O) groups excluding carboxylic acids is 1. The Morgan fingerprint density at radius 1 is 0.969 bits per heavy atom. The van der Waals surface area contributed by atoms with Gasteiger partial charge < -0.3 is 20.7 Å². The highest BCUT2D eigenvalue weighted by atomic mass is 16.3. The summed E-state index contributed by atoms with van der Waals surface area (Å²) in [7, 11) is 0. The summed E-state index contributed by atoms with van der Waals surface area (Å²) in [6.07, 6.45) is 2.87. The predicted molar refractivity (Wildman–Crippen MR) is 129 cm³/mol. The van der Waals surface area contributed by atoms with Gasteiger partial charge in [-0.25, -0.2) is 0 Å². The molecule has 0 atom stereocenters. The second kappa shape index (κ2) is 8.77. The molecule has 0 unspecified atom stereocenters. The number of benzene rings is 3. The van der Waals surface area contributed by atoms with Crippen LogP contribution in [0.1, 0.15) is 47.3 Å². The molecule has 0 saturated heterocycles. The second-order valence-electron chi connectivity index (χ2n) is 8.83. The van der Waals surface area contributed by atoms with Crippen molar-refractivity contribution in [2.45, 2.75) is 50.9 Å². The number of amides is 1. The number of hydrogen-bond acceptors (Lipinski definition) is 3. The largest absolute Gasteiger partial charge is 0.393 e. The molecular weight excluding hydrogens is 398 g/mol. The Morgan fingerprint density at radius 3 is 2.56 bits per heavy atom. The second-order valence-corrected chi connectivity index (χ2v) is 8.83. The van der Waals surface area contributed by atoms with Crippen molar-refractivity contribution in [2.75, 3.05) is 0 Å². The first kappa shape index (κ1) is 20.7. The van der Waals surface area contributed by atoms with Gasteiger partial charge in [-0.15, -0.1) is 0 Å². The van der Waals surface area contributed by atoms with Gasteiger partial charge in [0, 0.05) is 30.0 Å². The Hall–Kier alpha value is -3.15. The van der Waals surface area contributed by atoms with Gasteiger partial charge in [0.2, 0.25) is 0 Å². The smallest absolute Gasteiger partial charge is 0.268 e. The van der Waals surface area contributed by atoms with E-state index in [-0.39, 0.29) is 18.1 Å². The number of hydrogen-bond donors (Lipinski definition) is 3. The monoisotopic (exact) mass is 427 g/mol. The Kier molecular flexibility index (Phi) is 5.68. The van der Waals surface area contributed by atoms with E-state index in [9.17, 15) is 9.90 Å². The highest BCUT2D eigenvalue weighted by Gasteiger charge is 2.23. The highest BCUT2D eigenvalue weighted by molar-refractivity contribution is 5.99. The maximum Gasteiger partial charge on any atom is 0.268 e. The first-order valence-electron chi connectivity index (χ1n) is 11.4. The number of aliphatic hydroxyl groups excluding tert-OH is 1. The highest BCUT2D eigenvalue weighted by Crippen LogP contribution is 2.27. The van der Waals surface area contributed by atoms with E-state index in [1.54, 1.807) is 0 Å². The van der Waals surface area contributed by atoms with Crippen LogP contribution in [-0.4, -0.2) is 27.7 Å². The number of fused-ring (bicyclic) bond motifs is 2. The topological polar surface area (TPSA) is 80.3 Å². The predicted octanol–water partition coefficient (Wildman–Crippen LogP) is 4.33. The van der Waals surface area contributed by atoms with Crippen LogP contribution in [0.4, 0.5) is 0 Å². The third-order valence-electron chi connectivity index (χ3n) is 6.68. The van der Waals surface area contributed by atoms with Crippen LogP contribution in [0, 0.1) is 0 Å². The number of carbonyl (C=O) groups is 1. The average Bonchev–Trinajstić information content (AvgIpc) is 3.18. The molecule has 1 saturated carbocycles. The Morgan fingerprint density at radius 2 is 1.75 bits per heavy atom. The summed E-state index contributed by atoms with van der Waals surface area (Å²) in [6.45, 7) is 1.06. The fraction of sp³-hybridized carbons (Fsp3) is 0.296. The zero-order valence-electron chi connectivity index (χ0n) is 18.1. The quantitative estimate of drug-likeness (QED) is 0.443. The van der Waals surface area contributed by atoms with Crippen LogP contribution in [0.25, 0.3) is 21.7 Å². The van der Waals surface area contributed by atoms with Gasteiger partial charge in [-0.3, -0.25) is 4.79 Å². The van der Waals surface area contributed by atoms with Crippen molar-refractivity contribution in [3.05, 3.63) is 83.6 Å². The number of nitrogens with zero attached hydrogens (tertiary/aromatic N) is 1. The molecule has 1 aliphatic rings. The van der Waals surface area contributed by atoms with Crippen molar-refractivity contribution in [3.63, 3.8) is 0 Å². The molecule has 32 heavy (non-hydrogen) atoms. The van der Waals surface area contributed by atoms with Crippen LogP contribution in [0.15, 0.2) is 66.7 Å². The third kappa shape index (κ3) is 4.01. The summed E-state index contributed by atoms with van der Waals surface area (Å²) in [5.41, 5.74) is 9.81. The van der Waals surface area contributed by atoms with Crippen molar-refractivity contribution >= 4 is 27.6 Å². The fourth-order valence-corrected chi connectivity index (χ4v) is 4.87. The molecule has 0 radical (unpaired) electrons. The Labute approximate surface area is 187 Å². The summed E-state index contributed by atoms with van der Waals surface area (Å²) < 4.78 is 2.11. The number of nitrogens with two attached hydrogens (primary N) is 1. The SMILES string of the molecule is NCc1ccc2cc(C(=O)NC3CCC(O)CC3)n(Cc3cccc4ccccc34)c2c1. The van der Waals surface area contributed by atoms with Crippen LogP contribution >= 0.6 is 0 Å². The zero-order chi connectivity index (χ0) is 22.1. The van der Waals surface area contributed by atoms with Gasteiger partial charge in [0.05, 0.1) is 6.10 Å². The molecular formula is C27H29N3O2. The lowest BCUT2D eigenvalue weighted by atomic mass is 9.93. The van der Waals surface area contributed by atoms with E-state index >= 15 is 0 Å². The van der Waals surface area contributed by atoms with Gasteiger partial charge in [0.15, 0.2) is 0 Å². The molecule has 1 amide bonds. The van der Waals surface area contributed by atoms with Gasteiger partial charge in [-0.1, -0.05) is 54.6 Å². The van der Waals surface area contributed by atoms with Gasteiger partial charge >= 0.3 is 0 Å². The lowest BCUT2D eigenvalue weighted by molar-refractivity contribution is 0.0860. The first-order valence-corrected chi connectivity index (χ1v) is 11.4. The summed E-state index contributed by atoms with van der Waals surface area (Å²) >= 11 is 0. The molecule has 5 heteroatoms. The van der Waals surface area contributed by atoms with Gasteiger partial charge in [-0.05, 0) is 59.7 Å². The van der Waals surface area contributed by atoms with Crippen LogP contribution in [-0.2, 0) is 13.1 Å². The maximum absolute atomic E-state index is 13.4. The van der Waals surface area contributed by atoms with E-state index in [0.717, 1.165) is 42.1 Å². The Balaban J connectivity index is 1.55. The summed E-state index contributed by atoms with van der Waals surface area (Å²) in [5.74, 6) is -0.0582. The molecule has 0 bridgehead atoms. The average molecular weight is 428 g/mol. The fourth-order valence-electron chi connectivity index (χ4n) is 4.87. The maximum atomic E-state index is 13.4. The summed E-state index contributed by atoms with van der Waals surface area (Å²) in [4.78, 5) is 13.4. The van der Waals surface area contributed by atoms with E-state index in [0.29, 0.717) is 18.8 Å². The van der Waals surface area contributed by atoms with Crippen molar-refractivity contribution in [1.82, 2.24) is 9.88 Å². The van der Waals surface area contributed by atoms with Crippen molar-refractivity contribution < 1.29 is 9.90 Å². The number of nitrogens with one attached hydrogen (secondary N) is 1. The summed E-state index contributed by atoms with van der Waals surface area (Å²) in [5, 5.41) is 16.4. The normalized spacial score (nSPS) is 18.8. The minimum Gasteiger partial charge on any atom is -0.393 e. The molecule has 0 aliphatic heterocycles. The molecule has 4 aromatic rings. The van der Waals surface area contributed by atoms with Gasteiger partial charge in [-0.2, -0.15) is 0 Å². The lowest BCUT2D eigenvalue weighted by Crippen LogP contribution is -2.39. The molecule has 3 aromatic carbocycles. The van der Waals surface area contributed by atoms with Gasteiger partial charge in [0.1, 0.15) is 5.69 Å². The van der Waals surface area contributed by atoms with Crippen molar-refractivity contribution in [3.8, 4) is 0 Å². The van der Waals surface area contributed by atoms with Crippen LogP contribution < -0.4 is 11.1 Å². The van der Waals surface area contributed by atoms with Crippen molar-refractivity contribution in [2.24, 2.45) is 5.73 Å². The molecule has 4 N–H and O–H groups in total. The minimum atomic E-state index is -0.240. The zero-order valence-corrected chi connectivity index (χ0v) is 18.1. The molecule has 5 nitrogen and oxygen atoms in total. The summed E-state index contributed by atoms with van der Waals surface area (Å²) in [6, 6.07) is 22.9. The van der Waals surface area contributed by atoms with E-state index in [1.165, 1.54) is 16.3 Å². The number of rotatable bonds is 5. The molecule has 164 valence electrons. The number of aliphatic hydroxyl groups is 1. The minimum absolute atomic E-state index is 0.0582. The molecule has 0 spiro atoms. The van der Waals surface area contributed by atoms with E-state index in [4.69, 9.17) is 5.73 Å². The molecule has 1 aromatic heterocycles. The molecule has 5 rings (SSSR count). The van der Waals surface area contributed by atoms with Crippen LogP contribution in [0.2, 0.25) is 0 Å². The third-order valence-corrected chi connectivity index (χ3v) is 6.68. The van der Waals surface area contributed by atoms with E-state index in [2.05, 4.69) is 52.3 Å². The van der Waals surface area contributed by atoms with E-state index < -0.39 is 0 Å². The molecule has 1 aliphatic carbocycles. The van der Waals surface area contributed by atoms with Crippen molar-refractivity contribution in [1.29, 1.82) is 0 Å². The van der Waals surface area contributed by atoms with E-state index in [1.807, 2.05) is 24.3 Å². The first-order chi connectivity index (χ1) is 15.6. The van der Waals surface area contributed by atoms with Gasteiger partial charge in [0.25, 0.3) is 5.91 Å². The molecule has 1 heterocycles.